The lowest BCUT2D eigenvalue weighted by Gasteiger charge is -2.22. The molecule has 1 unspecified atom stereocenters. The number of carboxylic acid groups (broad SMARTS) is 1. The Bertz CT molecular complexity index is 553. The van der Waals surface area contributed by atoms with Crippen LogP contribution in [0.2, 0.25) is 0 Å². The number of aliphatic carboxylic acids is 1. The molecule has 0 radical (unpaired) electrons. The van der Waals surface area contributed by atoms with Crippen LogP contribution in [0.25, 0.3) is 0 Å². The third kappa shape index (κ3) is 5.59. The van der Waals surface area contributed by atoms with Crippen molar-refractivity contribution in [3.05, 3.63) is 29.6 Å². The highest BCUT2D eigenvalue weighted by Crippen LogP contribution is 2.21. The topological polar surface area (TPSA) is 84.9 Å². The molecule has 1 aromatic carbocycles. The second-order valence-electron chi connectivity index (χ2n) is 5.70. The Morgan fingerprint density at radius 2 is 2.00 bits per heavy atom. The van der Waals surface area contributed by atoms with E-state index < -0.39 is 29.5 Å². The number of benzene rings is 1. The Balaban J connectivity index is 2.85. The van der Waals surface area contributed by atoms with Gasteiger partial charge in [0, 0.05) is 12.5 Å². The number of methoxy groups -OCH3 is 1. The summed E-state index contributed by atoms with van der Waals surface area (Å²) >= 11 is 0. The quantitative estimate of drug-likeness (QED) is 0.871. The standard InChI is InChI=1S/C15H20FNO5/c1-15(2,3)22-14(20)17-11(13(18)19)7-9-5-6-10(16)8-12(9)21-4/h5-6,8,11H,7H2,1-4H3,(H,17,20)(H,18,19). The maximum atomic E-state index is 13.1. The van der Waals surface area contributed by atoms with E-state index in [-0.39, 0.29) is 12.2 Å². The molecule has 1 rings (SSSR count). The predicted molar refractivity (Wildman–Crippen MR) is 77.4 cm³/mol. The van der Waals surface area contributed by atoms with Crippen LogP contribution in [0.3, 0.4) is 0 Å². The number of hydrogen-bond donors (Lipinski definition) is 2. The zero-order chi connectivity index (χ0) is 16.9. The van der Waals surface area contributed by atoms with Crippen LogP contribution in [0.15, 0.2) is 18.2 Å². The predicted octanol–water partition coefficient (Wildman–Crippen LogP) is 2.35. The summed E-state index contributed by atoms with van der Waals surface area (Å²) in [7, 11) is 1.36. The van der Waals surface area contributed by atoms with Crippen LogP contribution in [-0.2, 0) is 16.0 Å². The van der Waals surface area contributed by atoms with Crippen molar-refractivity contribution in [1.82, 2.24) is 5.32 Å². The third-order valence-electron chi connectivity index (χ3n) is 2.66. The van der Waals surface area contributed by atoms with Gasteiger partial charge in [-0.2, -0.15) is 0 Å². The van der Waals surface area contributed by atoms with Gasteiger partial charge in [-0.05, 0) is 32.4 Å². The molecule has 0 saturated heterocycles. The lowest BCUT2D eigenvalue weighted by atomic mass is 10.0. The van der Waals surface area contributed by atoms with E-state index in [0.717, 1.165) is 6.07 Å². The summed E-state index contributed by atoms with van der Waals surface area (Å²) in [5, 5.41) is 11.5. The Morgan fingerprint density at radius 3 is 2.50 bits per heavy atom. The van der Waals surface area contributed by atoms with E-state index in [1.165, 1.54) is 19.2 Å². The first kappa shape index (κ1) is 17.7. The Hall–Kier alpha value is -2.31. The van der Waals surface area contributed by atoms with Crippen LogP contribution in [0.5, 0.6) is 5.75 Å². The first-order valence-corrected chi connectivity index (χ1v) is 6.67. The summed E-state index contributed by atoms with van der Waals surface area (Å²) in [6, 6.07) is 2.56. The molecular weight excluding hydrogens is 293 g/mol. The van der Waals surface area contributed by atoms with Gasteiger partial charge in [0.15, 0.2) is 0 Å². The van der Waals surface area contributed by atoms with E-state index in [2.05, 4.69) is 5.32 Å². The van der Waals surface area contributed by atoms with Crippen LogP contribution in [0, 0.1) is 5.82 Å². The number of ether oxygens (including phenoxy) is 2. The molecule has 1 amide bonds. The smallest absolute Gasteiger partial charge is 0.408 e. The number of nitrogens with one attached hydrogen (secondary N) is 1. The first-order valence-electron chi connectivity index (χ1n) is 6.67. The molecule has 0 spiro atoms. The maximum Gasteiger partial charge on any atom is 0.408 e. The average molecular weight is 313 g/mol. The summed E-state index contributed by atoms with van der Waals surface area (Å²) < 4.78 is 23.2. The van der Waals surface area contributed by atoms with Crippen molar-refractivity contribution in [2.45, 2.75) is 38.8 Å². The molecule has 0 saturated carbocycles. The number of halogens is 1. The second kappa shape index (κ2) is 7.11. The highest BCUT2D eigenvalue weighted by atomic mass is 19.1. The molecular formula is C15H20FNO5. The fraction of sp³-hybridized carbons (Fsp3) is 0.467. The average Bonchev–Trinajstić information content (AvgIpc) is 2.37. The molecule has 0 aliphatic heterocycles. The number of rotatable bonds is 5. The summed E-state index contributed by atoms with van der Waals surface area (Å²) in [6.07, 6.45) is -0.890. The third-order valence-corrected chi connectivity index (χ3v) is 2.66. The van der Waals surface area contributed by atoms with E-state index in [9.17, 15) is 19.1 Å². The van der Waals surface area contributed by atoms with Gasteiger partial charge in [0.2, 0.25) is 0 Å². The first-order chi connectivity index (χ1) is 10.1. The molecule has 0 aromatic heterocycles. The van der Waals surface area contributed by atoms with Crippen molar-refractivity contribution < 1.29 is 28.6 Å². The molecule has 22 heavy (non-hydrogen) atoms. The van der Waals surface area contributed by atoms with E-state index in [4.69, 9.17) is 9.47 Å². The summed E-state index contributed by atoms with van der Waals surface area (Å²) in [5.74, 6) is -1.50. The van der Waals surface area contributed by atoms with Gasteiger partial charge in [0.05, 0.1) is 7.11 Å². The fourth-order valence-electron chi connectivity index (χ4n) is 1.76. The molecule has 7 heteroatoms. The molecule has 2 N–H and O–H groups in total. The SMILES string of the molecule is COc1cc(F)ccc1CC(NC(=O)OC(C)(C)C)C(=O)O. The zero-order valence-electron chi connectivity index (χ0n) is 13.0. The van der Waals surface area contributed by atoms with Gasteiger partial charge < -0.3 is 19.9 Å². The molecule has 122 valence electrons. The molecule has 1 aromatic rings. The van der Waals surface area contributed by atoms with Crippen LogP contribution >= 0.6 is 0 Å². The number of carbonyl (C=O) groups is 2. The second-order valence-corrected chi connectivity index (χ2v) is 5.70. The molecule has 0 fully saturated rings. The Kier molecular flexibility index (Phi) is 5.73. The van der Waals surface area contributed by atoms with E-state index in [1.807, 2.05) is 0 Å². The van der Waals surface area contributed by atoms with Gasteiger partial charge in [-0.3, -0.25) is 0 Å². The minimum atomic E-state index is -1.22. The summed E-state index contributed by atoms with van der Waals surface area (Å²) in [5.41, 5.74) is -0.270. The van der Waals surface area contributed by atoms with Crippen molar-refractivity contribution >= 4 is 12.1 Å². The van der Waals surface area contributed by atoms with Crippen LogP contribution < -0.4 is 10.1 Å². The van der Waals surface area contributed by atoms with E-state index >= 15 is 0 Å². The Morgan fingerprint density at radius 1 is 1.36 bits per heavy atom. The lowest BCUT2D eigenvalue weighted by Crippen LogP contribution is -2.44. The molecule has 1 atom stereocenters. The van der Waals surface area contributed by atoms with Gasteiger partial charge in [-0.1, -0.05) is 6.07 Å². The Labute approximate surface area is 128 Å². The number of carboxylic acids is 1. The maximum absolute atomic E-state index is 13.1. The molecule has 0 aliphatic carbocycles. The fourth-order valence-corrected chi connectivity index (χ4v) is 1.76. The van der Waals surface area contributed by atoms with Crippen molar-refractivity contribution in [2.75, 3.05) is 7.11 Å². The molecule has 0 bridgehead atoms. The number of carbonyl (C=O) groups excluding carboxylic acids is 1. The molecule has 0 heterocycles. The van der Waals surface area contributed by atoms with E-state index in [1.54, 1.807) is 20.8 Å². The van der Waals surface area contributed by atoms with Gasteiger partial charge >= 0.3 is 12.1 Å². The lowest BCUT2D eigenvalue weighted by molar-refractivity contribution is -0.139. The van der Waals surface area contributed by atoms with Crippen molar-refractivity contribution in [3.8, 4) is 5.75 Å². The highest BCUT2D eigenvalue weighted by Gasteiger charge is 2.25. The van der Waals surface area contributed by atoms with E-state index in [0.29, 0.717) is 5.56 Å². The minimum Gasteiger partial charge on any atom is -0.496 e. The monoisotopic (exact) mass is 313 g/mol. The number of hydrogen-bond acceptors (Lipinski definition) is 4. The van der Waals surface area contributed by atoms with Gasteiger partial charge in [0.25, 0.3) is 0 Å². The molecule has 6 nitrogen and oxygen atoms in total. The zero-order valence-corrected chi connectivity index (χ0v) is 13.0. The van der Waals surface area contributed by atoms with Crippen molar-refractivity contribution in [3.63, 3.8) is 0 Å². The van der Waals surface area contributed by atoms with Gasteiger partial charge in [-0.25, -0.2) is 14.0 Å². The van der Waals surface area contributed by atoms with Crippen LogP contribution in [0.1, 0.15) is 26.3 Å². The van der Waals surface area contributed by atoms with Crippen molar-refractivity contribution in [1.29, 1.82) is 0 Å². The normalized spacial score (nSPS) is 12.4. The van der Waals surface area contributed by atoms with Gasteiger partial charge in [0.1, 0.15) is 23.2 Å². The van der Waals surface area contributed by atoms with Crippen LogP contribution in [0.4, 0.5) is 9.18 Å². The highest BCUT2D eigenvalue weighted by molar-refractivity contribution is 5.80. The minimum absolute atomic E-state index is 0.0575. The largest absolute Gasteiger partial charge is 0.496 e. The van der Waals surface area contributed by atoms with Gasteiger partial charge in [-0.15, -0.1) is 0 Å². The van der Waals surface area contributed by atoms with Crippen LogP contribution in [-0.4, -0.2) is 35.9 Å². The summed E-state index contributed by atoms with van der Waals surface area (Å²) in [4.78, 5) is 23.0. The summed E-state index contributed by atoms with van der Waals surface area (Å²) in [6.45, 7) is 5.02. The number of alkyl carbamates (subject to hydrolysis) is 1. The molecule has 0 aliphatic rings. The number of amides is 1. The van der Waals surface area contributed by atoms with Crippen molar-refractivity contribution in [2.24, 2.45) is 0 Å².